The van der Waals surface area contributed by atoms with Gasteiger partial charge in [0.25, 0.3) is 11.5 Å². The second kappa shape index (κ2) is 7.25. The van der Waals surface area contributed by atoms with Crippen molar-refractivity contribution in [3.63, 3.8) is 0 Å². The van der Waals surface area contributed by atoms with Gasteiger partial charge in [0.05, 0.1) is 10.9 Å². The summed E-state index contributed by atoms with van der Waals surface area (Å²) in [5.41, 5.74) is 3.39. The molecule has 0 saturated carbocycles. The first-order chi connectivity index (χ1) is 13.5. The lowest BCUT2D eigenvalue weighted by atomic mass is 10.2. The van der Waals surface area contributed by atoms with Gasteiger partial charge < -0.3 is 0 Å². The predicted octanol–water partition coefficient (Wildman–Crippen LogP) is 4.24. The molecule has 0 fully saturated rings. The fourth-order valence-electron chi connectivity index (χ4n) is 2.83. The van der Waals surface area contributed by atoms with E-state index in [9.17, 15) is 14.0 Å². The molecule has 0 unspecified atom stereocenters. The molecular formula is C21H13ClFN3O2. The number of rotatable bonds is 3. The summed E-state index contributed by atoms with van der Waals surface area (Å²) >= 11 is 6.08. The van der Waals surface area contributed by atoms with Gasteiger partial charge in [0.15, 0.2) is 5.82 Å². The molecule has 5 nitrogen and oxygen atoms in total. The largest absolute Gasteiger partial charge is 0.280 e. The van der Waals surface area contributed by atoms with Crippen molar-refractivity contribution in [2.45, 2.75) is 0 Å². The second-order valence-corrected chi connectivity index (χ2v) is 6.49. The number of hydrogen-bond donors (Lipinski definition) is 1. The zero-order chi connectivity index (χ0) is 19.7. The van der Waals surface area contributed by atoms with Crippen molar-refractivity contribution < 1.29 is 9.18 Å². The van der Waals surface area contributed by atoms with E-state index >= 15 is 0 Å². The van der Waals surface area contributed by atoms with E-state index < -0.39 is 17.3 Å². The van der Waals surface area contributed by atoms with Crippen LogP contribution in [0.2, 0.25) is 5.02 Å². The minimum Gasteiger partial charge on any atom is -0.267 e. The molecule has 0 radical (unpaired) electrons. The molecule has 0 aliphatic rings. The molecule has 138 valence electrons. The first-order valence-corrected chi connectivity index (χ1v) is 8.75. The molecule has 28 heavy (non-hydrogen) atoms. The van der Waals surface area contributed by atoms with Crippen LogP contribution in [0, 0.1) is 5.82 Å². The Morgan fingerprint density at radius 2 is 1.75 bits per heavy atom. The SMILES string of the molecule is O=C(Nn1c(-c2cccc(Cl)c2)nc2ccccc2c1=O)c1ccc(F)cc1. The minimum absolute atomic E-state index is 0.207. The highest BCUT2D eigenvalue weighted by molar-refractivity contribution is 6.30. The zero-order valence-corrected chi connectivity index (χ0v) is 15.2. The van der Waals surface area contributed by atoms with Crippen LogP contribution in [-0.2, 0) is 0 Å². The monoisotopic (exact) mass is 393 g/mol. The van der Waals surface area contributed by atoms with Gasteiger partial charge in [0.2, 0.25) is 0 Å². The van der Waals surface area contributed by atoms with Crippen molar-refractivity contribution in [1.29, 1.82) is 0 Å². The zero-order valence-electron chi connectivity index (χ0n) is 14.4. The van der Waals surface area contributed by atoms with Crippen LogP contribution in [0.15, 0.2) is 77.6 Å². The third kappa shape index (κ3) is 3.37. The molecule has 3 aromatic carbocycles. The Labute approximate surface area is 164 Å². The molecule has 1 aromatic heterocycles. The highest BCUT2D eigenvalue weighted by Crippen LogP contribution is 2.21. The molecular weight excluding hydrogens is 381 g/mol. The van der Waals surface area contributed by atoms with Crippen molar-refractivity contribution in [1.82, 2.24) is 9.66 Å². The molecule has 1 amide bonds. The number of carbonyl (C=O) groups is 1. The minimum atomic E-state index is -0.567. The summed E-state index contributed by atoms with van der Waals surface area (Å²) in [7, 11) is 0. The van der Waals surface area contributed by atoms with E-state index in [-0.39, 0.29) is 11.4 Å². The average Bonchev–Trinajstić information content (AvgIpc) is 2.70. The lowest BCUT2D eigenvalue weighted by Gasteiger charge is -2.15. The van der Waals surface area contributed by atoms with Crippen LogP contribution in [0.25, 0.3) is 22.3 Å². The van der Waals surface area contributed by atoms with E-state index in [0.717, 1.165) is 4.68 Å². The van der Waals surface area contributed by atoms with Gasteiger partial charge >= 0.3 is 0 Å². The number of halogens is 2. The standard InChI is InChI=1S/C21H13ClFN3O2/c22-15-5-3-4-14(12-15)19-24-18-7-2-1-6-17(18)21(28)26(19)25-20(27)13-8-10-16(23)11-9-13/h1-12H,(H,25,27). The van der Waals surface area contributed by atoms with E-state index in [0.29, 0.717) is 21.5 Å². The Morgan fingerprint density at radius 3 is 2.50 bits per heavy atom. The molecule has 4 aromatic rings. The Hall–Kier alpha value is -3.51. The van der Waals surface area contributed by atoms with Crippen molar-refractivity contribution in [3.05, 3.63) is 99.6 Å². The molecule has 0 atom stereocenters. The Kier molecular flexibility index (Phi) is 4.63. The third-order valence-corrected chi connectivity index (χ3v) is 4.41. The average molecular weight is 394 g/mol. The Morgan fingerprint density at radius 1 is 1.00 bits per heavy atom. The molecule has 1 heterocycles. The van der Waals surface area contributed by atoms with Gasteiger partial charge in [-0.3, -0.25) is 15.0 Å². The molecule has 7 heteroatoms. The number of amides is 1. The van der Waals surface area contributed by atoms with Crippen LogP contribution in [0.5, 0.6) is 0 Å². The van der Waals surface area contributed by atoms with Gasteiger partial charge in [-0.25, -0.2) is 9.37 Å². The van der Waals surface area contributed by atoms with Crippen molar-refractivity contribution in [2.75, 3.05) is 5.43 Å². The number of carbonyl (C=O) groups excluding carboxylic acids is 1. The van der Waals surface area contributed by atoms with Crippen molar-refractivity contribution in [2.24, 2.45) is 0 Å². The number of fused-ring (bicyclic) bond motifs is 1. The van der Waals surface area contributed by atoms with Crippen LogP contribution in [-0.4, -0.2) is 15.6 Å². The summed E-state index contributed by atoms with van der Waals surface area (Å²) in [5, 5.41) is 0.823. The van der Waals surface area contributed by atoms with E-state index in [4.69, 9.17) is 11.6 Å². The summed E-state index contributed by atoms with van der Waals surface area (Å²) in [6, 6.07) is 18.7. The molecule has 0 saturated heterocycles. The number of nitrogens with zero attached hydrogens (tertiary/aromatic N) is 2. The highest BCUT2D eigenvalue weighted by Gasteiger charge is 2.16. The highest BCUT2D eigenvalue weighted by atomic mass is 35.5. The summed E-state index contributed by atoms with van der Waals surface area (Å²) in [6.45, 7) is 0. The van der Waals surface area contributed by atoms with Crippen LogP contribution < -0.4 is 11.0 Å². The van der Waals surface area contributed by atoms with Gasteiger partial charge in [0, 0.05) is 16.1 Å². The van der Waals surface area contributed by atoms with Crippen LogP contribution in [0.3, 0.4) is 0 Å². The molecule has 0 spiro atoms. The van der Waals surface area contributed by atoms with Crippen LogP contribution in [0.4, 0.5) is 4.39 Å². The first-order valence-electron chi connectivity index (χ1n) is 8.37. The summed E-state index contributed by atoms with van der Waals surface area (Å²) < 4.78 is 14.2. The summed E-state index contributed by atoms with van der Waals surface area (Å²) in [4.78, 5) is 30.2. The van der Waals surface area contributed by atoms with Gasteiger partial charge in [-0.05, 0) is 48.5 Å². The number of benzene rings is 3. The smallest absolute Gasteiger partial charge is 0.267 e. The quantitative estimate of drug-likeness (QED) is 0.566. The molecule has 0 aliphatic carbocycles. The maximum Gasteiger partial charge on any atom is 0.280 e. The van der Waals surface area contributed by atoms with Gasteiger partial charge in [-0.1, -0.05) is 35.9 Å². The molecule has 4 rings (SSSR count). The number of nitrogens with one attached hydrogen (secondary N) is 1. The third-order valence-electron chi connectivity index (χ3n) is 4.18. The van der Waals surface area contributed by atoms with E-state index in [1.165, 1.54) is 24.3 Å². The van der Waals surface area contributed by atoms with Gasteiger partial charge in [-0.2, -0.15) is 4.68 Å². The predicted molar refractivity (Wildman–Crippen MR) is 107 cm³/mol. The first kappa shape index (κ1) is 17.9. The second-order valence-electron chi connectivity index (χ2n) is 6.05. The van der Waals surface area contributed by atoms with E-state index in [2.05, 4.69) is 10.4 Å². The van der Waals surface area contributed by atoms with Crippen LogP contribution in [0.1, 0.15) is 10.4 Å². The maximum absolute atomic E-state index is 13.1. The molecule has 1 N–H and O–H groups in total. The molecule has 0 bridgehead atoms. The fraction of sp³-hybridized carbons (Fsp3) is 0. The topological polar surface area (TPSA) is 64.0 Å². The molecule has 0 aliphatic heterocycles. The maximum atomic E-state index is 13.1. The van der Waals surface area contributed by atoms with E-state index in [1.54, 1.807) is 48.5 Å². The number of aromatic nitrogens is 2. The summed E-state index contributed by atoms with van der Waals surface area (Å²) in [5.74, 6) is -0.787. The van der Waals surface area contributed by atoms with E-state index in [1.807, 2.05) is 0 Å². The number of hydrogen-bond acceptors (Lipinski definition) is 3. The van der Waals surface area contributed by atoms with Crippen molar-refractivity contribution in [3.8, 4) is 11.4 Å². The van der Waals surface area contributed by atoms with Gasteiger partial charge in [0.1, 0.15) is 5.82 Å². The lowest BCUT2D eigenvalue weighted by molar-refractivity contribution is 0.101. The normalized spacial score (nSPS) is 10.8. The van der Waals surface area contributed by atoms with Crippen molar-refractivity contribution >= 4 is 28.4 Å². The summed E-state index contributed by atoms with van der Waals surface area (Å²) in [6.07, 6.45) is 0. The lowest BCUT2D eigenvalue weighted by Crippen LogP contribution is -2.35. The van der Waals surface area contributed by atoms with Gasteiger partial charge in [-0.15, -0.1) is 0 Å². The van der Waals surface area contributed by atoms with Crippen LogP contribution >= 0.6 is 11.6 Å². The Balaban J connectivity index is 1.89. The number of para-hydroxylation sites is 1. The fourth-order valence-corrected chi connectivity index (χ4v) is 3.02. The Bertz CT molecular complexity index is 1250.